The van der Waals surface area contributed by atoms with Gasteiger partial charge in [-0.05, 0) is 42.7 Å². The van der Waals surface area contributed by atoms with Crippen molar-refractivity contribution in [2.45, 2.75) is 19.9 Å². The molecule has 2 nitrogen and oxygen atoms in total. The zero-order valence-electron chi connectivity index (χ0n) is 11.3. The highest BCUT2D eigenvalue weighted by Crippen LogP contribution is 2.35. The van der Waals surface area contributed by atoms with Gasteiger partial charge in [0.2, 0.25) is 0 Å². The van der Waals surface area contributed by atoms with Gasteiger partial charge < -0.3 is 10.6 Å². The molecule has 0 aromatic heterocycles. The second-order valence-corrected chi connectivity index (χ2v) is 6.02. The fourth-order valence-corrected chi connectivity index (χ4v) is 3.20. The Morgan fingerprint density at radius 3 is 2.60 bits per heavy atom. The normalized spacial score (nSPS) is 13.7. The van der Waals surface area contributed by atoms with E-state index < -0.39 is 0 Å². The molecular formula is C16H16Cl2N2. The molecule has 0 atom stereocenters. The van der Waals surface area contributed by atoms with E-state index in [0.29, 0.717) is 16.6 Å². The lowest BCUT2D eigenvalue weighted by molar-refractivity contribution is 0.836. The summed E-state index contributed by atoms with van der Waals surface area (Å²) in [6, 6.07) is 9.86. The Balaban J connectivity index is 1.94. The molecule has 4 heteroatoms. The maximum Gasteiger partial charge on any atom is 0.0470 e. The number of aryl methyl sites for hydroxylation is 1. The molecule has 0 saturated heterocycles. The van der Waals surface area contributed by atoms with Gasteiger partial charge in [-0.3, -0.25) is 0 Å². The van der Waals surface area contributed by atoms with Gasteiger partial charge in [-0.1, -0.05) is 35.3 Å². The van der Waals surface area contributed by atoms with Crippen LogP contribution in [-0.2, 0) is 13.0 Å². The van der Waals surface area contributed by atoms with Crippen LogP contribution in [0.25, 0.3) is 0 Å². The van der Waals surface area contributed by atoms with E-state index in [0.717, 1.165) is 29.8 Å². The summed E-state index contributed by atoms with van der Waals surface area (Å²) in [5.74, 6) is 0. The first kappa shape index (κ1) is 13.6. The van der Waals surface area contributed by atoms with Gasteiger partial charge in [0.05, 0.1) is 0 Å². The Morgan fingerprint density at radius 2 is 1.90 bits per heavy atom. The highest BCUT2D eigenvalue weighted by atomic mass is 35.5. The van der Waals surface area contributed by atoms with Crippen molar-refractivity contribution < 1.29 is 0 Å². The largest absolute Gasteiger partial charge is 0.398 e. The predicted molar refractivity (Wildman–Crippen MR) is 86.8 cm³/mol. The third-order valence-electron chi connectivity index (χ3n) is 3.87. The summed E-state index contributed by atoms with van der Waals surface area (Å²) in [7, 11) is 0. The van der Waals surface area contributed by atoms with E-state index in [9.17, 15) is 0 Å². The van der Waals surface area contributed by atoms with Crippen molar-refractivity contribution in [3.8, 4) is 0 Å². The van der Waals surface area contributed by atoms with Crippen molar-refractivity contribution in [1.82, 2.24) is 0 Å². The van der Waals surface area contributed by atoms with Crippen LogP contribution in [0.15, 0.2) is 30.3 Å². The first-order valence-electron chi connectivity index (χ1n) is 6.63. The zero-order valence-corrected chi connectivity index (χ0v) is 12.8. The molecule has 1 aliphatic heterocycles. The number of fused-ring (bicyclic) bond motifs is 1. The van der Waals surface area contributed by atoms with Crippen LogP contribution >= 0.6 is 23.2 Å². The number of halogens is 2. The summed E-state index contributed by atoms with van der Waals surface area (Å²) >= 11 is 12.5. The first-order chi connectivity index (χ1) is 9.56. The first-order valence-corrected chi connectivity index (χ1v) is 7.38. The topological polar surface area (TPSA) is 29.3 Å². The maximum absolute atomic E-state index is 6.26. The highest BCUT2D eigenvalue weighted by Gasteiger charge is 2.21. The van der Waals surface area contributed by atoms with Gasteiger partial charge in [0.25, 0.3) is 0 Å². The molecule has 2 N–H and O–H groups in total. The number of hydrogen-bond acceptors (Lipinski definition) is 2. The van der Waals surface area contributed by atoms with Gasteiger partial charge in [-0.25, -0.2) is 0 Å². The Labute approximate surface area is 129 Å². The standard InChI is InChI=1S/C16H16Cl2N2/c1-10-7-11-5-6-20(16(11)8-15(10)19)9-12-13(17)3-2-4-14(12)18/h2-4,7-8H,5-6,9,19H2,1H3. The van der Waals surface area contributed by atoms with Crippen molar-refractivity contribution in [3.63, 3.8) is 0 Å². The summed E-state index contributed by atoms with van der Waals surface area (Å²) in [6.07, 6.45) is 1.04. The summed E-state index contributed by atoms with van der Waals surface area (Å²) < 4.78 is 0. The highest BCUT2D eigenvalue weighted by molar-refractivity contribution is 6.36. The summed E-state index contributed by atoms with van der Waals surface area (Å²) in [4.78, 5) is 2.29. The molecule has 1 heterocycles. The van der Waals surface area contributed by atoms with E-state index in [-0.39, 0.29) is 0 Å². The Kier molecular flexibility index (Phi) is 3.53. The summed E-state index contributed by atoms with van der Waals surface area (Å²) in [5, 5.41) is 1.43. The number of nitrogens with two attached hydrogens (primary N) is 1. The van der Waals surface area contributed by atoms with Crippen LogP contribution in [0.4, 0.5) is 11.4 Å². The smallest absolute Gasteiger partial charge is 0.0470 e. The van der Waals surface area contributed by atoms with Crippen LogP contribution in [-0.4, -0.2) is 6.54 Å². The minimum absolute atomic E-state index is 0.714. The molecule has 3 rings (SSSR count). The van der Waals surface area contributed by atoms with Crippen LogP contribution in [0.2, 0.25) is 10.0 Å². The maximum atomic E-state index is 6.26. The third-order valence-corrected chi connectivity index (χ3v) is 4.58. The number of anilines is 2. The lowest BCUT2D eigenvalue weighted by atomic mass is 10.1. The average Bonchev–Trinajstić information content (AvgIpc) is 2.77. The van der Waals surface area contributed by atoms with E-state index in [1.54, 1.807) is 0 Å². The average molecular weight is 307 g/mol. The molecule has 0 saturated carbocycles. The zero-order chi connectivity index (χ0) is 14.3. The van der Waals surface area contributed by atoms with Gasteiger partial charge in [0.15, 0.2) is 0 Å². The van der Waals surface area contributed by atoms with Crippen LogP contribution in [0.5, 0.6) is 0 Å². The molecule has 0 fully saturated rings. The van der Waals surface area contributed by atoms with E-state index in [2.05, 4.69) is 17.0 Å². The third kappa shape index (κ3) is 2.34. The van der Waals surface area contributed by atoms with Gasteiger partial charge in [0, 0.05) is 40.1 Å². The lowest BCUT2D eigenvalue weighted by Gasteiger charge is -2.21. The predicted octanol–water partition coefficient (Wildman–Crippen LogP) is 4.45. The van der Waals surface area contributed by atoms with Crippen molar-refractivity contribution in [3.05, 3.63) is 57.1 Å². The van der Waals surface area contributed by atoms with E-state index in [4.69, 9.17) is 28.9 Å². The van der Waals surface area contributed by atoms with Gasteiger partial charge >= 0.3 is 0 Å². The van der Waals surface area contributed by atoms with Gasteiger partial charge in [-0.15, -0.1) is 0 Å². The number of hydrogen-bond donors (Lipinski definition) is 1. The number of nitrogens with zero attached hydrogens (tertiary/aromatic N) is 1. The summed E-state index contributed by atoms with van der Waals surface area (Å²) in [6.45, 7) is 3.73. The second kappa shape index (κ2) is 5.19. The number of nitrogen functional groups attached to an aromatic ring is 1. The molecule has 2 aromatic carbocycles. The molecule has 0 unspecified atom stereocenters. The minimum atomic E-state index is 0.714. The Bertz CT molecular complexity index is 648. The molecule has 0 bridgehead atoms. The van der Waals surface area contributed by atoms with Crippen molar-refractivity contribution in [1.29, 1.82) is 0 Å². The van der Waals surface area contributed by atoms with E-state index >= 15 is 0 Å². The molecule has 0 spiro atoms. The SMILES string of the molecule is Cc1cc2c(cc1N)N(Cc1c(Cl)cccc1Cl)CC2. The van der Waals surface area contributed by atoms with Gasteiger partial charge in [-0.2, -0.15) is 0 Å². The van der Waals surface area contributed by atoms with Crippen LogP contribution < -0.4 is 10.6 Å². The molecule has 20 heavy (non-hydrogen) atoms. The van der Waals surface area contributed by atoms with Crippen LogP contribution in [0, 0.1) is 6.92 Å². The molecule has 0 aliphatic carbocycles. The van der Waals surface area contributed by atoms with Gasteiger partial charge in [0.1, 0.15) is 0 Å². The molecule has 0 radical (unpaired) electrons. The van der Waals surface area contributed by atoms with Crippen LogP contribution in [0.1, 0.15) is 16.7 Å². The molecular weight excluding hydrogens is 291 g/mol. The van der Waals surface area contributed by atoms with Crippen molar-refractivity contribution in [2.75, 3.05) is 17.2 Å². The monoisotopic (exact) mass is 306 g/mol. The molecule has 0 amide bonds. The Hall–Kier alpha value is -1.38. The fourth-order valence-electron chi connectivity index (χ4n) is 2.68. The lowest BCUT2D eigenvalue weighted by Crippen LogP contribution is -2.20. The number of benzene rings is 2. The second-order valence-electron chi connectivity index (χ2n) is 5.21. The summed E-state index contributed by atoms with van der Waals surface area (Å²) in [5.41, 5.74) is 11.5. The van der Waals surface area contributed by atoms with Crippen LogP contribution in [0.3, 0.4) is 0 Å². The molecule has 104 valence electrons. The fraction of sp³-hybridized carbons (Fsp3) is 0.250. The van der Waals surface area contributed by atoms with Crippen molar-refractivity contribution >= 4 is 34.6 Å². The van der Waals surface area contributed by atoms with Crippen molar-refractivity contribution in [2.24, 2.45) is 0 Å². The van der Waals surface area contributed by atoms with E-state index in [1.165, 1.54) is 11.3 Å². The van der Waals surface area contributed by atoms with E-state index in [1.807, 2.05) is 25.1 Å². The molecule has 1 aliphatic rings. The quantitative estimate of drug-likeness (QED) is 0.831. The minimum Gasteiger partial charge on any atom is -0.398 e. The number of rotatable bonds is 2. The molecule has 2 aromatic rings. The Morgan fingerprint density at radius 1 is 1.20 bits per heavy atom.